The van der Waals surface area contributed by atoms with Crippen molar-refractivity contribution >= 4 is 23.1 Å². The Bertz CT molecular complexity index is 737. The van der Waals surface area contributed by atoms with E-state index in [1.165, 1.54) is 0 Å². The Hall–Kier alpha value is -2.82. The van der Waals surface area contributed by atoms with E-state index in [0.717, 1.165) is 5.56 Å². The molecular formula is C19H22N2O3. The molecule has 5 heteroatoms. The summed E-state index contributed by atoms with van der Waals surface area (Å²) in [6.45, 7) is 5.48. The minimum Gasteiger partial charge on any atom is -0.482 e. The van der Waals surface area contributed by atoms with Gasteiger partial charge in [0.15, 0.2) is 12.4 Å². The minimum atomic E-state index is -0.277. The lowest BCUT2D eigenvalue weighted by Crippen LogP contribution is -2.20. The van der Waals surface area contributed by atoms with Crippen molar-refractivity contribution in [1.29, 1.82) is 0 Å². The molecule has 0 aliphatic rings. The average Bonchev–Trinajstić information content (AvgIpc) is 2.55. The first-order valence-electron chi connectivity index (χ1n) is 7.80. The first-order chi connectivity index (χ1) is 11.4. The molecule has 1 amide bonds. The van der Waals surface area contributed by atoms with Crippen LogP contribution in [0.1, 0.15) is 29.8 Å². The molecule has 3 N–H and O–H groups in total. The number of amides is 1. The molecule has 0 spiro atoms. The molecule has 0 heterocycles. The molecule has 2 aromatic rings. The first kappa shape index (κ1) is 17.5. The molecule has 24 heavy (non-hydrogen) atoms. The number of carbonyl (C=O) groups is 2. The van der Waals surface area contributed by atoms with Crippen LogP contribution in [-0.2, 0) is 4.79 Å². The van der Waals surface area contributed by atoms with Crippen LogP contribution in [-0.4, -0.2) is 18.3 Å². The number of ketones is 1. The van der Waals surface area contributed by atoms with Crippen LogP contribution in [0.15, 0.2) is 42.5 Å². The molecule has 0 aliphatic heterocycles. The summed E-state index contributed by atoms with van der Waals surface area (Å²) in [5.74, 6) is 0.0248. The van der Waals surface area contributed by atoms with Gasteiger partial charge in [-0.3, -0.25) is 9.59 Å². The Morgan fingerprint density at radius 1 is 1.12 bits per heavy atom. The number of ether oxygens (including phenoxy) is 1. The van der Waals surface area contributed by atoms with E-state index >= 15 is 0 Å². The number of nitrogen functional groups attached to an aromatic ring is 1. The fourth-order valence-corrected chi connectivity index (χ4v) is 2.14. The van der Waals surface area contributed by atoms with Gasteiger partial charge in [0.2, 0.25) is 0 Å². The van der Waals surface area contributed by atoms with Gasteiger partial charge in [-0.25, -0.2) is 0 Å². The molecule has 0 saturated heterocycles. The predicted octanol–water partition coefficient (Wildman–Crippen LogP) is 3.43. The van der Waals surface area contributed by atoms with Gasteiger partial charge in [-0.2, -0.15) is 0 Å². The van der Waals surface area contributed by atoms with Crippen molar-refractivity contribution in [2.75, 3.05) is 17.7 Å². The zero-order valence-electron chi connectivity index (χ0n) is 14.1. The first-order valence-corrected chi connectivity index (χ1v) is 7.80. The lowest BCUT2D eigenvalue weighted by molar-refractivity contribution is -0.118. The third-order valence-corrected chi connectivity index (χ3v) is 3.51. The normalized spacial score (nSPS) is 10.5. The van der Waals surface area contributed by atoms with Crippen LogP contribution < -0.4 is 15.8 Å². The van der Waals surface area contributed by atoms with E-state index in [-0.39, 0.29) is 24.2 Å². The Morgan fingerprint density at radius 2 is 1.79 bits per heavy atom. The Kier molecular flexibility index (Phi) is 5.58. The van der Waals surface area contributed by atoms with E-state index in [4.69, 9.17) is 10.5 Å². The van der Waals surface area contributed by atoms with Crippen LogP contribution in [0.4, 0.5) is 11.4 Å². The lowest BCUT2D eigenvalue weighted by Gasteiger charge is -2.11. The van der Waals surface area contributed by atoms with E-state index in [2.05, 4.69) is 5.32 Å². The molecule has 0 unspecified atom stereocenters. The smallest absolute Gasteiger partial charge is 0.262 e. The molecular weight excluding hydrogens is 304 g/mol. The number of anilines is 2. The molecule has 2 aromatic carbocycles. The third kappa shape index (κ3) is 4.59. The third-order valence-electron chi connectivity index (χ3n) is 3.51. The van der Waals surface area contributed by atoms with E-state index in [1.54, 1.807) is 18.2 Å². The molecule has 0 saturated carbocycles. The van der Waals surface area contributed by atoms with Crippen LogP contribution in [0.5, 0.6) is 5.75 Å². The van der Waals surface area contributed by atoms with Gasteiger partial charge >= 0.3 is 0 Å². The van der Waals surface area contributed by atoms with Crippen LogP contribution >= 0.6 is 0 Å². The number of Topliss-reactive ketones (excluding diaryl/α,β-unsaturated/α-hetero) is 1. The number of nitrogens with one attached hydrogen (secondary N) is 1. The summed E-state index contributed by atoms with van der Waals surface area (Å²) in [7, 11) is 0. The molecule has 0 bridgehead atoms. The zero-order valence-corrected chi connectivity index (χ0v) is 14.1. The van der Waals surface area contributed by atoms with Crippen molar-refractivity contribution in [3.63, 3.8) is 0 Å². The van der Waals surface area contributed by atoms with Crippen molar-refractivity contribution < 1.29 is 14.3 Å². The molecule has 5 nitrogen and oxygen atoms in total. The highest BCUT2D eigenvalue weighted by Gasteiger charge is 2.13. The van der Waals surface area contributed by atoms with Crippen LogP contribution in [0.25, 0.3) is 0 Å². The summed E-state index contributed by atoms with van der Waals surface area (Å²) in [5, 5.41) is 2.74. The number of carbonyl (C=O) groups excluding carboxylic acids is 2. The second-order valence-electron chi connectivity index (χ2n) is 5.97. The van der Waals surface area contributed by atoms with Gasteiger partial charge in [0.1, 0.15) is 5.75 Å². The Labute approximate surface area is 141 Å². The van der Waals surface area contributed by atoms with E-state index in [0.29, 0.717) is 22.7 Å². The lowest BCUT2D eigenvalue weighted by atomic mass is 10.0. The maximum Gasteiger partial charge on any atom is 0.262 e. The highest BCUT2D eigenvalue weighted by Crippen LogP contribution is 2.24. The van der Waals surface area contributed by atoms with Crippen LogP contribution in [0, 0.1) is 12.8 Å². The SMILES string of the molecule is Cc1ccc(NC(=O)COc2ccc(C(=O)C(C)C)cc2N)cc1. The van der Waals surface area contributed by atoms with Gasteiger partial charge in [0, 0.05) is 17.2 Å². The van der Waals surface area contributed by atoms with Gasteiger partial charge in [0.25, 0.3) is 5.91 Å². The van der Waals surface area contributed by atoms with Crippen molar-refractivity contribution in [2.24, 2.45) is 5.92 Å². The number of hydrogen-bond donors (Lipinski definition) is 2. The maximum absolute atomic E-state index is 11.9. The second kappa shape index (κ2) is 7.64. The number of benzene rings is 2. The molecule has 0 fully saturated rings. The fourth-order valence-electron chi connectivity index (χ4n) is 2.14. The van der Waals surface area contributed by atoms with Crippen molar-refractivity contribution in [1.82, 2.24) is 0 Å². The second-order valence-corrected chi connectivity index (χ2v) is 5.97. The van der Waals surface area contributed by atoms with Crippen molar-refractivity contribution in [2.45, 2.75) is 20.8 Å². The fraction of sp³-hybridized carbons (Fsp3) is 0.263. The molecule has 0 atom stereocenters. The highest BCUT2D eigenvalue weighted by molar-refractivity contribution is 5.98. The Balaban J connectivity index is 1.95. The molecule has 2 rings (SSSR count). The van der Waals surface area contributed by atoms with E-state index < -0.39 is 0 Å². The van der Waals surface area contributed by atoms with Gasteiger partial charge in [0.05, 0.1) is 5.69 Å². The van der Waals surface area contributed by atoms with Crippen molar-refractivity contribution in [3.8, 4) is 5.75 Å². The number of rotatable bonds is 6. The van der Waals surface area contributed by atoms with Crippen LogP contribution in [0.2, 0.25) is 0 Å². The molecule has 0 aliphatic carbocycles. The van der Waals surface area contributed by atoms with Crippen molar-refractivity contribution in [3.05, 3.63) is 53.6 Å². The summed E-state index contributed by atoms with van der Waals surface area (Å²) in [6, 6.07) is 12.3. The van der Waals surface area contributed by atoms with Gasteiger partial charge < -0.3 is 15.8 Å². The largest absolute Gasteiger partial charge is 0.482 e. The monoisotopic (exact) mass is 326 g/mol. The predicted molar refractivity (Wildman–Crippen MR) is 95.3 cm³/mol. The number of hydrogen-bond acceptors (Lipinski definition) is 4. The summed E-state index contributed by atoms with van der Waals surface area (Å²) in [4.78, 5) is 23.9. The minimum absolute atomic E-state index is 0.0189. The highest BCUT2D eigenvalue weighted by atomic mass is 16.5. The van der Waals surface area contributed by atoms with Gasteiger partial charge in [-0.15, -0.1) is 0 Å². The summed E-state index contributed by atoms with van der Waals surface area (Å²) in [5.41, 5.74) is 8.61. The molecule has 0 aromatic heterocycles. The van der Waals surface area contributed by atoms with Gasteiger partial charge in [-0.05, 0) is 37.3 Å². The van der Waals surface area contributed by atoms with E-state index in [1.807, 2.05) is 45.0 Å². The average molecular weight is 326 g/mol. The summed E-state index contributed by atoms with van der Waals surface area (Å²) >= 11 is 0. The number of nitrogens with two attached hydrogens (primary N) is 1. The zero-order chi connectivity index (χ0) is 17.7. The van der Waals surface area contributed by atoms with E-state index in [9.17, 15) is 9.59 Å². The molecule has 126 valence electrons. The molecule has 0 radical (unpaired) electrons. The number of aryl methyl sites for hydroxylation is 1. The standard InChI is InChI=1S/C19H22N2O3/c1-12(2)19(23)14-6-9-17(16(20)10-14)24-11-18(22)21-15-7-4-13(3)5-8-15/h4-10,12H,11,20H2,1-3H3,(H,21,22). The van der Waals surface area contributed by atoms with Gasteiger partial charge in [-0.1, -0.05) is 31.5 Å². The Morgan fingerprint density at radius 3 is 2.38 bits per heavy atom. The summed E-state index contributed by atoms with van der Waals surface area (Å²) in [6.07, 6.45) is 0. The maximum atomic E-state index is 11.9. The quantitative estimate of drug-likeness (QED) is 0.629. The summed E-state index contributed by atoms with van der Waals surface area (Å²) < 4.78 is 5.44. The van der Waals surface area contributed by atoms with Crippen LogP contribution in [0.3, 0.4) is 0 Å². The topological polar surface area (TPSA) is 81.4 Å².